The lowest BCUT2D eigenvalue weighted by molar-refractivity contribution is 0.0951. The van der Waals surface area contributed by atoms with Gasteiger partial charge in [0.15, 0.2) is 0 Å². The lowest BCUT2D eigenvalue weighted by Gasteiger charge is -2.22. The molecule has 3 aromatic rings. The van der Waals surface area contributed by atoms with Gasteiger partial charge in [0.25, 0.3) is 11.8 Å². The van der Waals surface area contributed by atoms with Crippen molar-refractivity contribution in [3.63, 3.8) is 0 Å². The zero-order valence-corrected chi connectivity index (χ0v) is 18.5. The van der Waals surface area contributed by atoms with Gasteiger partial charge in [-0.25, -0.2) is 0 Å². The molecule has 30 heavy (non-hydrogen) atoms. The molecule has 0 fully saturated rings. The monoisotopic (exact) mass is 466 g/mol. The second-order valence-corrected chi connectivity index (χ2v) is 7.54. The van der Waals surface area contributed by atoms with Crippen LogP contribution in [0.4, 0.5) is 5.69 Å². The summed E-state index contributed by atoms with van der Waals surface area (Å²) in [4.78, 5) is 27.6. The Labute approximate surface area is 184 Å². The number of carbonyl (C=O) groups excluding carboxylic acids is 2. The summed E-state index contributed by atoms with van der Waals surface area (Å²) in [5.74, 6) is -0.00000316. The number of halogens is 1. The molecule has 0 aliphatic carbocycles. The first kappa shape index (κ1) is 21.6. The number of anilines is 1. The summed E-state index contributed by atoms with van der Waals surface area (Å²) < 4.78 is 6.39. The minimum Gasteiger partial charge on any atom is -0.493 e. The van der Waals surface area contributed by atoms with Crippen LogP contribution in [0.3, 0.4) is 0 Å². The number of nitrogens with one attached hydrogen (secondary N) is 1. The molecule has 0 saturated heterocycles. The maximum Gasteiger partial charge on any atom is 0.261 e. The largest absolute Gasteiger partial charge is 0.493 e. The maximum atomic E-state index is 13.2. The van der Waals surface area contributed by atoms with Crippen LogP contribution in [0.1, 0.15) is 33.2 Å². The Morgan fingerprint density at radius 3 is 2.40 bits per heavy atom. The Morgan fingerprint density at radius 2 is 1.67 bits per heavy atom. The van der Waals surface area contributed by atoms with Gasteiger partial charge in [-0.3, -0.25) is 9.59 Å². The number of rotatable bonds is 7. The summed E-state index contributed by atoms with van der Waals surface area (Å²) in [6.45, 7) is 2.72. The molecule has 3 aromatic carbocycles. The van der Waals surface area contributed by atoms with E-state index in [1.807, 2.05) is 43.3 Å². The van der Waals surface area contributed by atoms with E-state index in [-0.39, 0.29) is 11.8 Å². The Morgan fingerprint density at radius 1 is 0.967 bits per heavy atom. The molecule has 0 aliphatic rings. The van der Waals surface area contributed by atoms with Gasteiger partial charge in [0, 0.05) is 18.1 Å². The van der Waals surface area contributed by atoms with E-state index in [0.29, 0.717) is 35.7 Å². The summed E-state index contributed by atoms with van der Waals surface area (Å²) in [5, 5.41) is 2.92. The third-order valence-corrected chi connectivity index (χ3v) is 5.08. The van der Waals surface area contributed by atoms with Crippen LogP contribution in [0.2, 0.25) is 0 Å². The Kier molecular flexibility index (Phi) is 7.25. The maximum absolute atomic E-state index is 13.2. The summed E-state index contributed by atoms with van der Waals surface area (Å²) in [7, 11) is 1.66. The number of ether oxygens (including phenoxy) is 1. The zero-order valence-electron chi connectivity index (χ0n) is 16.9. The average Bonchev–Trinajstić information content (AvgIpc) is 2.78. The van der Waals surface area contributed by atoms with Crippen LogP contribution < -0.4 is 15.0 Å². The van der Waals surface area contributed by atoms with Crippen molar-refractivity contribution in [1.29, 1.82) is 0 Å². The molecule has 1 N–H and O–H groups in total. The van der Waals surface area contributed by atoms with Gasteiger partial charge in [0.1, 0.15) is 5.75 Å². The van der Waals surface area contributed by atoms with Crippen LogP contribution in [0.5, 0.6) is 5.75 Å². The van der Waals surface area contributed by atoms with Crippen molar-refractivity contribution in [3.8, 4) is 5.75 Å². The van der Waals surface area contributed by atoms with Crippen LogP contribution in [-0.4, -0.2) is 25.5 Å². The molecule has 0 unspecified atom stereocenters. The predicted octanol–water partition coefficient (Wildman–Crippen LogP) is 5.05. The number of carbonyl (C=O) groups is 2. The summed E-state index contributed by atoms with van der Waals surface area (Å²) in [5.41, 5.74) is 2.38. The fourth-order valence-corrected chi connectivity index (χ4v) is 3.43. The number of hydrogen-bond donors (Lipinski definition) is 1. The normalized spacial score (nSPS) is 10.4. The fraction of sp³-hybridized carbons (Fsp3) is 0.167. The SMILES string of the molecule is CCOc1ccc(Br)cc1C(=O)N(C)c1ccccc1C(=O)NCc1ccccc1. The molecule has 6 heteroatoms. The molecular weight excluding hydrogens is 444 g/mol. The highest BCUT2D eigenvalue weighted by Crippen LogP contribution is 2.28. The van der Waals surface area contributed by atoms with Gasteiger partial charge in [-0.1, -0.05) is 58.4 Å². The number of amides is 2. The quantitative estimate of drug-likeness (QED) is 0.529. The highest BCUT2D eigenvalue weighted by Gasteiger charge is 2.22. The molecule has 0 aliphatic heterocycles. The van der Waals surface area contributed by atoms with E-state index in [4.69, 9.17) is 4.74 Å². The molecule has 5 nitrogen and oxygen atoms in total. The minimum atomic E-state index is -0.261. The first-order valence-corrected chi connectivity index (χ1v) is 10.4. The van der Waals surface area contributed by atoms with Crippen LogP contribution in [-0.2, 0) is 6.54 Å². The smallest absolute Gasteiger partial charge is 0.261 e. The standard InChI is InChI=1S/C24H23BrN2O3/c1-3-30-22-14-13-18(25)15-20(22)24(29)27(2)21-12-8-7-11-19(21)23(28)26-16-17-9-5-4-6-10-17/h4-15H,3,16H2,1-2H3,(H,26,28). The van der Waals surface area contributed by atoms with E-state index < -0.39 is 0 Å². The second-order valence-electron chi connectivity index (χ2n) is 6.62. The van der Waals surface area contributed by atoms with Crippen LogP contribution in [0.25, 0.3) is 0 Å². The molecule has 0 atom stereocenters. The van der Waals surface area contributed by atoms with Gasteiger partial charge < -0.3 is 15.0 Å². The van der Waals surface area contributed by atoms with Crippen LogP contribution in [0, 0.1) is 0 Å². The van der Waals surface area contributed by atoms with Gasteiger partial charge in [0.2, 0.25) is 0 Å². The van der Waals surface area contributed by atoms with Gasteiger partial charge in [-0.2, -0.15) is 0 Å². The van der Waals surface area contributed by atoms with E-state index in [2.05, 4.69) is 21.2 Å². The van der Waals surface area contributed by atoms with E-state index in [9.17, 15) is 9.59 Å². The molecule has 154 valence electrons. The molecule has 0 bridgehead atoms. The molecule has 0 aromatic heterocycles. The average molecular weight is 467 g/mol. The molecular formula is C24H23BrN2O3. The van der Waals surface area contributed by atoms with Gasteiger partial charge in [0.05, 0.1) is 23.4 Å². The number of benzene rings is 3. The highest BCUT2D eigenvalue weighted by molar-refractivity contribution is 9.10. The minimum absolute atomic E-state index is 0.242. The molecule has 0 saturated carbocycles. The van der Waals surface area contributed by atoms with E-state index >= 15 is 0 Å². The lowest BCUT2D eigenvalue weighted by atomic mass is 10.1. The van der Waals surface area contributed by atoms with E-state index in [1.165, 1.54) is 4.90 Å². The molecule has 0 spiro atoms. The van der Waals surface area contributed by atoms with Crippen LogP contribution >= 0.6 is 15.9 Å². The highest BCUT2D eigenvalue weighted by atomic mass is 79.9. The first-order chi connectivity index (χ1) is 14.5. The van der Waals surface area contributed by atoms with Gasteiger partial charge >= 0.3 is 0 Å². The summed E-state index contributed by atoms with van der Waals surface area (Å²) in [6.07, 6.45) is 0. The summed E-state index contributed by atoms with van der Waals surface area (Å²) in [6, 6.07) is 22.0. The lowest BCUT2D eigenvalue weighted by Crippen LogP contribution is -2.31. The molecule has 0 heterocycles. The van der Waals surface area contributed by atoms with Crippen molar-refractivity contribution in [2.75, 3.05) is 18.6 Å². The number of nitrogens with zero attached hydrogens (tertiary/aromatic N) is 1. The van der Waals surface area contributed by atoms with Crippen molar-refractivity contribution in [2.24, 2.45) is 0 Å². The topological polar surface area (TPSA) is 58.6 Å². The Hall–Kier alpha value is -3.12. The fourth-order valence-electron chi connectivity index (χ4n) is 3.07. The van der Waals surface area contributed by atoms with Crippen molar-refractivity contribution in [1.82, 2.24) is 5.32 Å². The summed E-state index contributed by atoms with van der Waals surface area (Å²) >= 11 is 3.41. The Balaban J connectivity index is 1.85. The van der Waals surface area contributed by atoms with Crippen molar-refractivity contribution in [2.45, 2.75) is 13.5 Å². The molecule has 0 radical (unpaired) electrons. The van der Waals surface area contributed by atoms with E-state index in [0.717, 1.165) is 10.0 Å². The third kappa shape index (κ3) is 5.07. The second kappa shape index (κ2) is 10.1. The third-order valence-electron chi connectivity index (χ3n) is 4.58. The van der Waals surface area contributed by atoms with Crippen LogP contribution in [0.15, 0.2) is 77.3 Å². The molecule has 2 amide bonds. The number of hydrogen-bond acceptors (Lipinski definition) is 3. The van der Waals surface area contributed by atoms with Crippen molar-refractivity contribution >= 4 is 33.4 Å². The van der Waals surface area contributed by atoms with Crippen molar-refractivity contribution < 1.29 is 14.3 Å². The van der Waals surface area contributed by atoms with E-state index in [1.54, 1.807) is 43.4 Å². The van der Waals surface area contributed by atoms with Gasteiger partial charge in [-0.05, 0) is 42.8 Å². The zero-order chi connectivity index (χ0) is 21.5. The van der Waals surface area contributed by atoms with Crippen molar-refractivity contribution in [3.05, 3.63) is 94.0 Å². The molecule has 3 rings (SSSR count). The number of para-hydroxylation sites is 1. The Bertz CT molecular complexity index is 1040. The predicted molar refractivity (Wildman–Crippen MR) is 122 cm³/mol. The van der Waals surface area contributed by atoms with Gasteiger partial charge in [-0.15, -0.1) is 0 Å². The first-order valence-electron chi connectivity index (χ1n) is 9.62.